The van der Waals surface area contributed by atoms with Crippen LogP contribution in [0.5, 0.6) is 5.75 Å². The molecule has 94 valence electrons. The molecule has 0 saturated heterocycles. The van der Waals surface area contributed by atoms with Gasteiger partial charge in [-0.05, 0) is 44.9 Å². The Labute approximate surface area is 103 Å². The molecule has 0 aliphatic carbocycles. The fourth-order valence-electron chi connectivity index (χ4n) is 1.76. The molecule has 0 spiro atoms. The molecule has 0 atom stereocenters. The van der Waals surface area contributed by atoms with E-state index in [4.69, 9.17) is 9.47 Å². The van der Waals surface area contributed by atoms with Crippen LogP contribution in [0.4, 0.5) is 0 Å². The van der Waals surface area contributed by atoms with Crippen LogP contribution in [-0.4, -0.2) is 25.6 Å². The number of Topliss-reactive ketones (excluding diaryl/α,β-unsaturated/α-hetero) is 1. The van der Waals surface area contributed by atoms with Gasteiger partial charge < -0.3 is 9.47 Å². The highest BCUT2D eigenvalue weighted by molar-refractivity contribution is 6.01. The van der Waals surface area contributed by atoms with E-state index in [1.807, 2.05) is 39.8 Å². The van der Waals surface area contributed by atoms with Crippen LogP contribution in [0.15, 0.2) is 12.1 Å². The molecule has 0 aromatic heterocycles. The molecular formula is C14H20O3. The van der Waals surface area contributed by atoms with E-state index in [1.165, 1.54) is 0 Å². The van der Waals surface area contributed by atoms with E-state index in [2.05, 4.69) is 0 Å². The first-order valence-electron chi connectivity index (χ1n) is 5.75. The second kappa shape index (κ2) is 5.82. The number of carbonyl (C=O) groups is 1. The van der Waals surface area contributed by atoms with Crippen LogP contribution < -0.4 is 4.74 Å². The summed E-state index contributed by atoms with van der Waals surface area (Å²) in [5, 5.41) is 0. The zero-order valence-electron chi connectivity index (χ0n) is 11.2. The number of aryl methyl sites for hydroxylation is 2. The summed E-state index contributed by atoms with van der Waals surface area (Å²) in [7, 11) is 1.58. The zero-order chi connectivity index (χ0) is 13.0. The highest BCUT2D eigenvalue weighted by atomic mass is 16.5. The van der Waals surface area contributed by atoms with Crippen molar-refractivity contribution in [2.24, 2.45) is 0 Å². The summed E-state index contributed by atoms with van der Waals surface area (Å²) in [6.07, 6.45) is 0.0516. The van der Waals surface area contributed by atoms with Crippen molar-refractivity contribution in [3.8, 4) is 5.75 Å². The normalized spacial score (nSPS) is 10.7. The quantitative estimate of drug-likeness (QED) is 0.737. The third-order valence-electron chi connectivity index (χ3n) is 2.49. The third kappa shape index (κ3) is 3.56. The van der Waals surface area contributed by atoms with Crippen molar-refractivity contribution in [1.29, 1.82) is 0 Å². The Bertz CT molecular complexity index is 408. The Hall–Kier alpha value is -1.35. The maximum atomic E-state index is 12.1. The van der Waals surface area contributed by atoms with E-state index in [1.54, 1.807) is 7.11 Å². The minimum atomic E-state index is -0.0342. The van der Waals surface area contributed by atoms with Crippen LogP contribution in [0.25, 0.3) is 0 Å². The lowest BCUT2D eigenvalue weighted by Gasteiger charge is -2.13. The molecule has 3 heteroatoms. The van der Waals surface area contributed by atoms with Gasteiger partial charge in [-0.25, -0.2) is 0 Å². The molecule has 0 aliphatic rings. The minimum Gasteiger partial charge on any atom is -0.496 e. The van der Waals surface area contributed by atoms with E-state index >= 15 is 0 Å². The average molecular weight is 236 g/mol. The Balaban J connectivity index is 2.99. The van der Waals surface area contributed by atoms with Crippen LogP contribution in [0, 0.1) is 13.8 Å². The SMILES string of the molecule is COc1cc(C)cc(C)c1C(=O)COC(C)C. The Morgan fingerprint density at radius 2 is 1.94 bits per heavy atom. The van der Waals surface area contributed by atoms with Crippen molar-refractivity contribution in [3.63, 3.8) is 0 Å². The van der Waals surface area contributed by atoms with Gasteiger partial charge in [0.2, 0.25) is 0 Å². The van der Waals surface area contributed by atoms with E-state index < -0.39 is 0 Å². The lowest BCUT2D eigenvalue weighted by Crippen LogP contribution is -2.15. The maximum Gasteiger partial charge on any atom is 0.192 e. The van der Waals surface area contributed by atoms with Gasteiger partial charge in [0, 0.05) is 0 Å². The predicted molar refractivity (Wildman–Crippen MR) is 67.9 cm³/mol. The molecule has 0 radical (unpaired) electrons. The smallest absolute Gasteiger partial charge is 0.192 e. The Morgan fingerprint density at radius 3 is 2.47 bits per heavy atom. The third-order valence-corrected chi connectivity index (χ3v) is 2.49. The summed E-state index contributed by atoms with van der Waals surface area (Å²) in [4.78, 5) is 12.1. The number of ether oxygens (including phenoxy) is 2. The molecule has 1 aromatic rings. The topological polar surface area (TPSA) is 35.5 Å². The van der Waals surface area contributed by atoms with Gasteiger partial charge in [-0.1, -0.05) is 6.07 Å². The summed E-state index contributed by atoms with van der Waals surface area (Å²) in [5.74, 6) is 0.591. The predicted octanol–water partition coefficient (Wildman–Crippen LogP) is 2.92. The fourth-order valence-corrected chi connectivity index (χ4v) is 1.76. The second-order valence-corrected chi connectivity index (χ2v) is 4.44. The van der Waals surface area contributed by atoms with Crippen LogP contribution in [0.3, 0.4) is 0 Å². The lowest BCUT2D eigenvalue weighted by atomic mass is 10.0. The molecule has 1 aromatic carbocycles. The molecule has 1 rings (SSSR count). The van der Waals surface area contributed by atoms with E-state index in [0.29, 0.717) is 11.3 Å². The lowest BCUT2D eigenvalue weighted by molar-refractivity contribution is 0.0582. The summed E-state index contributed by atoms with van der Waals surface area (Å²) in [5.41, 5.74) is 2.64. The van der Waals surface area contributed by atoms with Crippen molar-refractivity contribution in [2.45, 2.75) is 33.8 Å². The Kier molecular flexibility index (Phi) is 4.70. The zero-order valence-corrected chi connectivity index (χ0v) is 11.2. The number of benzene rings is 1. The van der Waals surface area contributed by atoms with Crippen LogP contribution in [-0.2, 0) is 4.74 Å². The van der Waals surface area contributed by atoms with E-state index in [0.717, 1.165) is 11.1 Å². The highest BCUT2D eigenvalue weighted by Gasteiger charge is 2.16. The van der Waals surface area contributed by atoms with Crippen molar-refractivity contribution in [3.05, 3.63) is 28.8 Å². The minimum absolute atomic E-state index is 0.0342. The number of methoxy groups -OCH3 is 1. The van der Waals surface area contributed by atoms with Gasteiger partial charge in [0.05, 0.1) is 18.8 Å². The van der Waals surface area contributed by atoms with Crippen LogP contribution >= 0.6 is 0 Å². The van der Waals surface area contributed by atoms with Gasteiger partial charge in [0.15, 0.2) is 5.78 Å². The number of ketones is 1. The molecule has 0 N–H and O–H groups in total. The van der Waals surface area contributed by atoms with Gasteiger partial charge >= 0.3 is 0 Å². The summed E-state index contributed by atoms with van der Waals surface area (Å²) < 4.78 is 10.6. The maximum absolute atomic E-state index is 12.1. The van der Waals surface area contributed by atoms with Crippen molar-refractivity contribution in [2.75, 3.05) is 13.7 Å². The molecule has 0 aliphatic heterocycles. The molecule has 0 amide bonds. The van der Waals surface area contributed by atoms with Gasteiger partial charge in [0.1, 0.15) is 12.4 Å². The van der Waals surface area contributed by atoms with Gasteiger partial charge in [-0.2, -0.15) is 0 Å². The first kappa shape index (κ1) is 13.7. The highest BCUT2D eigenvalue weighted by Crippen LogP contribution is 2.24. The van der Waals surface area contributed by atoms with Gasteiger partial charge in [0.25, 0.3) is 0 Å². The average Bonchev–Trinajstić information content (AvgIpc) is 2.24. The van der Waals surface area contributed by atoms with Crippen LogP contribution in [0.2, 0.25) is 0 Å². The van der Waals surface area contributed by atoms with Crippen LogP contribution in [0.1, 0.15) is 35.3 Å². The van der Waals surface area contributed by atoms with Crippen molar-refractivity contribution in [1.82, 2.24) is 0 Å². The molecule has 0 saturated carbocycles. The standard InChI is InChI=1S/C14H20O3/c1-9(2)17-8-12(15)14-11(4)6-10(3)7-13(14)16-5/h6-7,9H,8H2,1-5H3. The summed E-state index contributed by atoms with van der Waals surface area (Å²) in [6, 6.07) is 3.85. The van der Waals surface area contributed by atoms with E-state index in [9.17, 15) is 4.79 Å². The number of rotatable bonds is 5. The number of hydrogen-bond donors (Lipinski definition) is 0. The molecule has 0 bridgehead atoms. The number of hydrogen-bond acceptors (Lipinski definition) is 3. The molecule has 0 unspecified atom stereocenters. The molecule has 0 fully saturated rings. The first-order chi connectivity index (χ1) is 7.95. The molecular weight excluding hydrogens is 216 g/mol. The Morgan fingerprint density at radius 1 is 1.29 bits per heavy atom. The monoisotopic (exact) mass is 236 g/mol. The van der Waals surface area contributed by atoms with Crippen molar-refractivity contribution < 1.29 is 14.3 Å². The molecule has 17 heavy (non-hydrogen) atoms. The van der Waals surface area contributed by atoms with Gasteiger partial charge in [-0.15, -0.1) is 0 Å². The van der Waals surface area contributed by atoms with Crippen molar-refractivity contribution >= 4 is 5.78 Å². The number of carbonyl (C=O) groups excluding carboxylic acids is 1. The second-order valence-electron chi connectivity index (χ2n) is 4.44. The molecule has 0 heterocycles. The fraction of sp³-hybridized carbons (Fsp3) is 0.500. The summed E-state index contributed by atoms with van der Waals surface area (Å²) in [6.45, 7) is 7.81. The first-order valence-corrected chi connectivity index (χ1v) is 5.75. The van der Waals surface area contributed by atoms with Gasteiger partial charge in [-0.3, -0.25) is 4.79 Å². The largest absolute Gasteiger partial charge is 0.496 e. The summed E-state index contributed by atoms with van der Waals surface area (Å²) >= 11 is 0. The molecule has 3 nitrogen and oxygen atoms in total. The van der Waals surface area contributed by atoms with E-state index in [-0.39, 0.29) is 18.5 Å².